The molecule has 0 radical (unpaired) electrons. The first-order chi connectivity index (χ1) is 6.91. The monoisotopic (exact) mass is 232 g/mol. The summed E-state index contributed by atoms with van der Waals surface area (Å²) in [4.78, 5) is 11.2. The zero-order valence-electron chi connectivity index (χ0n) is 8.65. The van der Waals surface area contributed by atoms with E-state index in [9.17, 15) is 13.6 Å². The lowest BCUT2D eigenvalue weighted by Gasteiger charge is -2.11. The van der Waals surface area contributed by atoms with Gasteiger partial charge in [-0.25, -0.2) is 13.6 Å². The zero-order chi connectivity index (χ0) is 11.7. The number of ether oxygens (including phenoxy) is 1. The Kier molecular flexibility index (Phi) is 3.40. The molecule has 2 nitrogen and oxygen atoms in total. The van der Waals surface area contributed by atoms with Gasteiger partial charge >= 0.3 is 5.97 Å². The van der Waals surface area contributed by atoms with Crippen LogP contribution in [0.5, 0.6) is 0 Å². The van der Waals surface area contributed by atoms with Crippen molar-refractivity contribution in [2.45, 2.75) is 13.8 Å². The summed E-state index contributed by atoms with van der Waals surface area (Å²) < 4.78 is 31.5. The van der Waals surface area contributed by atoms with Crippen LogP contribution >= 0.6 is 9.24 Å². The van der Waals surface area contributed by atoms with Crippen molar-refractivity contribution in [2.75, 3.05) is 7.11 Å². The first-order valence-corrected chi connectivity index (χ1v) is 4.81. The minimum atomic E-state index is -1.00. The van der Waals surface area contributed by atoms with E-state index in [0.29, 0.717) is 5.56 Å². The smallest absolute Gasteiger partial charge is 0.343 e. The third-order valence-electron chi connectivity index (χ3n) is 2.36. The highest BCUT2D eigenvalue weighted by molar-refractivity contribution is 7.27. The molecular formula is C10H11F2O2P. The van der Waals surface area contributed by atoms with Gasteiger partial charge in [0.05, 0.1) is 7.11 Å². The largest absolute Gasteiger partial charge is 0.465 e. The molecule has 0 aliphatic heterocycles. The Morgan fingerprint density at radius 1 is 1.20 bits per heavy atom. The van der Waals surface area contributed by atoms with Crippen LogP contribution in [0.25, 0.3) is 0 Å². The summed E-state index contributed by atoms with van der Waals surface area (Å²) in [6, 6.07) is 0. The van der Waals surface area contributed by atoms with E-state index in [-0.39, 0.29) is 10.9 Å². The number of benzene rings is 1. The predicted octanol–water partition coefficient (Wildman–Crippen LogP) is 1.87. The van der Waals surface area contributed by atoms with E-state index in [4.69, 9.17) is 0 Å². The molecule has 0 saturated carbocycles. The summed E-state index contributed by atoms with van der Waals surface area (Å²) in [5.74, 6) is -2.74. The molecule has 0 N–H and O–H groups in total. The van der Waals surface area contributed by atoms with Gasteiger partial charge < -0.3 is 4.74 Å². The SMILES string of the molecule is COC(=O)c1c(F)c(C)c(C)c(P)c1F. The summed E-state index contributed by atoms with van der Waals surface area (Å²) in [7, 11) is 3.23. The maximum absolute atomic E-state index is 13.6. The van der Waals surface area contributed by atoms with E-state index < -0.39 is 23.2 Å². The Labute approximate surface area is 88.8 Å². The van der Waals surface area contributed by atoms with Gasteiger partial charge in [0.2, 0.25) is 0 Å². The highest BCUT2D eigenvalue weighted by Gasteiger charge is 2.23. The van der Waals surface area contributed by atoms with E-state index in [1.54, 1.807) is 6.92 Å². The molecule has 1 rings (SSSR count). The van der Waals surface area contributed by atoms with E-state index >= 15 is 0 Å². The van der Waals surface area contributed by atoms with Crippen LogP contribution in [-0.4, -0.2) is 13.1 Å². The molecule has 0 aromatic heterocycles. The Balaban J connectivity index is 3.60. The van der Waals surface area contributed by atoms with Gasteiger partial charge in [-0.2, -0.15) is 0 Å². The molecule has 1 aromatic carbocycles. The Morgan fingerprint density at radius 3 is 2.20 bits per heavy atom. The normalized spacial score (nSPS) is 10.3. The molecule has 0 amide bonds. The fourth-order valence-electron chi connectivity index (χ4n) is 1.23. The predicted molar refractivity (Wildman–Crippen MR) is 56.5 cm³/mol. The van der Waals surface area contributed by atoms with E-state index in [0.717, 1.165) is 7.11 Å². The van der Waals surface area contributed by atoms with Crippen molar-refractivity contribution < 1.29 is 18.3 Å². The molecule has 0 aliphatic rings. The van der Waals surface area contributed by atoms with Crippen LogP contribution in [0.15, 0.2) is 0 Å². The van der Waals surface area contributed by atoms with Crippen LogP contribution < -0.4 is 5.30 Å². The molecule has 1 aromatic rings. The molecule has 1 unspecified atom stereocenters. The van der Waals surface area contributed by atoms with E-state index in [1.165, 1.54) is 6.92 Å². The summed E-state index contributed by atoms with van der Waals surface area (Å²) in [6.45, 7) is 3.08. The van der Waals surface area contributed by atoms with Gasteiger partial charge in [-0.15, -0.1) is 9.24 Å². The highest BCUT2D eigenvalue weighted by Crippen LogP contribution is 2.21. The standard InChI is InChI=1S/C10H11F2O2P/c1-4-5(2)9(15)8(12)6(7(4)11)10(13)14-3/h15H2,1-3H3. The topological polar surface area (TPSA) is 26.3 Å². The first kappa shape index (κ1) is 12.1. The minimum absolute atomic E-state index is 0.189. The number of hydrogen-bond donors (Lipinski definition) is 0. The maximum Gasteiger partial charge on any atom is 0.343 e. The van der Waals surface area contributed by atoms with E-state index in [1.807, 2.05) is 0 Å². The molecule has 0 spiro atoms. The summed E-state index contributed by atoms with van der Waals surface area (Å²) >= 11 is 0. The van der Waals surface area contributed by atoms with Crippen molar-refractivity contribution in [3.8, 4) is 0 Å². The number of carbonyl (C=O) groups excluding carboxylic acids is 1. The lowest BCUT2D eigenvalue weighted by Crippen LogP contribution is -2.18. The molecule has 1 atom stereocenters. The zero-order valence-corrected chi connectivity index (χ0v) is 9.80. The van der Waals surface area contributed by atoms with Crippen LogP contribution in [0.2, 0.25) is 0 Å². The molecule has 5 heteroatoms. The number of halogens is 2. The van der Waals surface area contributed by atoms with Crippen molar-refractivity contribution in [1.82, 2.24) is 0 Å². The summed E-state index contributed by atoms with van der Waals surface area (Å²) in [6.07, 6.45) is 0. The van der Waals surface area contributed by atoms with Crippen LogP contribution in [0, 0.1) is 25.5 Å². The molecule has 0 heterocycles. The fraction of sp³-hybridized carbons (Fsp3) is 0.300. The maximum atomic E-state index is 13.6. The first-order valence-electron chi connectivity index (χ1n) is 4.23. The quantitative estimate of drug-likeness (QED) is 0.545. The number of methoxy groups -OCH3 is 1. The van der Waals surface area contributed by atoms with Crippen LogP contribution in [0.4, 0.5) is 8.78 Å². The molecule has 82 valence electrons. The van der Waals surface area contributed by atoms with Crippen LogP contribution in [0.1, 0.15) is 21.5 Å². The Hall–Kier alpha value is -1.02. The summed E-state index contributed by atoms with van der Waals surface area (Å²) in [5.41, 5.74) is 0.0926. The average molecular weight is 232 g/mol. The number of carbonyl (C=O) groups is 1. The van der Waals surface area contributed by atoms with Gasteiger partial charge in [-0.1, -0.05) is 0 Å². The minimum Gasteiger partial charge on any atom is -0.465 e. The lowest BCUT2D eigenvalue weighted by molar-refractivity contribution is 0.0590. The number of hydrogen-bond acceptors (Lipinski definition) is 2. The number of rotatable bonds is 1. The Morgan fingerprint density at radius 2 is 1.73 bits per heavy atom. The second kappa shape index (κ2) is 4.23. The van der Waals surface area contributed by atoms with Crippen molar-refractivity contribution in [1.29, 1.82) is 0 Å². The van der Waals surface area contributed by atoms with Gasteiger partial charge in [0.1, 0.15) is 17.2 Å². The average Bonchev–Trinajstić information content (AvgIpc) is 2.23. The van der Waals surface area contributed by atoms with Crippen molar-refractivity contribution in [3.63, 3.8) is 0 Å². The number of esters is 1. The fourth-order valence-corrected chi connectivity index (χ4v) is 1.59. The van der Waals surface area contributed by atoms with Gasteiger partial charge in [-0.05, 0) is 25.0 Å². The molecule has 0 saturated heterocycles. The van der Waals surface area contributed by atoms with Crippen molar-refractivity contribution >= 4 is 20.5 Å². The van der Waals surface area contributed by atoms with Crippen molar-refractivity contribution in [2.24, 2.45) is 0 Å². The third-order valence-corrected chi connectivity index (χ3v) is 3.05. The second-order valence-corrected chi connectivity index (χ2v) is 3.74. The lowest BCUT2D eigenvalue weighted by atomic mass is 10.0. The van der Waals surface area contributed by atoms with Gasteiger partial charge in [0.25, 0.3) is 0 Å². The summed E-state index contributed by atoms with van der Waals surface area (Å²) in [5, 5.41) is 0.189. The van der Waals surface area contributed by atoms with Crippen LogP contribution in [0.3, 0.4) is 0 Å². The second-order valence-electron chi connectivity index (χ2n) is 3.16. The van der Waals surface area contributed by atoms with Crippen LogP contribution in [-0.2, 0) is 4.74 Å². The Bertz CT molecular complexity index is 401. The highest BCUT2D eigenvalue weighted by atomic mass is 31.0. The van der Waals surface area contributed by atoms with Crippen molar-refractivity contribution in [3.05, 3.63) is 28.3 Å². The molecular weight excluding hydrogens is 221 g/mol. The molecule has 0 bridgehead atoms. The van der Waals surface area contributed by atoms with Gasteiger partial charge in [-0.3, -0.25) is 0 Å². The van der Waals surface area contributed by atoms with Gasteiger partial charge in [0.15, 0.2) is 0 Å². The molecule has 0 fully saturated rings. The third kappa shape index (κ3) is 1.86. The molecule has 0 aliphatic carbocycles. The van der Waals surface area contributed by atoms with E-state index in [2.05, 4.69) is 14.0 Å². The molecule has 15 heavy (non-hydrogen) atoms. The van der Waals surface area contributed by atoms with Gasteiger partial charge in [0, 0.05) is 5.30 Å².